The summed E-state index contributed by atoms with van der Waals surface area (Å²) in [5.41, 5.74) is 0. The van der Waals surface area contributed by atoms with Gasteiger partial charge in [0.15, 0.2) is 0 Å². The van der Waals surface area contributed by atoms with Crippen LogP contribution in [0.2, 0.25) is 0 Å². The summed E-state index contributed by atoms with van der Waals surface area (Å²) in [5.74, 6) is 0. The van der Waals surface area contributed by atoms with E-state index >= 15 is 0 Å². The highest BCUT2D eigenvalue weighted by Gasteiger charge is 2.13. The fraction of sp³-hybridized carbons (Fsp3) is 0. The summed E-state index contributed by atoms with van der Waals surface area (Å²) in [6, 6.07) is 0. The van der Waals surface area contributed by atoms with E-state index in [-0.39, 0.29) is 6.15 Å². The van der Waals surface area contributed by atoms with E-state index in [4.69, 9.17) is 19.2 Å². The maximum absolute atomic E-state index is 8.94. The minimum atomic E-state index is -4.62. The molecule has 4 N–H and O–H groups in total. The predicted octanol–water partition coefficient (Wildman–Crippen LogP) is -3.46. The van der Waals surface area contributed by atoms with Crippen LogP contribution in [-0.2, 0) is 4.44 Å². The third-order valence-corrected chi connectivity index (χ3v) is 0.254. The van der Waals surface area contributed by atoms with Gasteiger partial charge in [0.1, 0.15) is 10.2 Å². The number of hydrogen-bond acceptors (Lipinski definition) is 6. The maximum Gasteiger partial charge on any atom is 0.261 e. The summed E-state index contributed by atoms with van der Waals surface area (Å²) >= 11 is 0. The van der Waals surface area contributed by atoms with Crippen molar-refractivity contribution in [1.82, 2.24) is 6.15 Å². The van der Waals surface area contributed by atoms with Gasteiger partial charge in [-0.25, -0.2) is 0 Å². The fourth-order valence-corrected chi connectivity index (χ4v) is 0. The molecular formula is H4ClNO5. The number of hydrogen-bond donors (Lipinski definition) is 2. The molecule has 0 saturated heterocycles. The van der Waals surface area contributed by atoms with E-state index in [1.54, 1.807) is 0 Å². The normalized spacial score (nSPS) is 10.3. The maximum atomic E-state index is 8.94. The molecule has 7 heteroatoms. The molecule has 7 heavy (non-hydrogen) atoms. The van der Waals surface area contributed by atoms with Gasteiger partial charge >= 0.3 is 0 Å². The first-order valence-corrected chi connectivity index (χ1v) is 2.03. The summed E-state index contributed by atoms with van der Waals surface area (Å²) < 4.78 is 29.2. The summed E-state index contributed by atoms with van der Waals surface area (Å²) in [5, 5.41) is 6.99. The first kappa shape index (κ1) is 10.1. The highest BCUT2D eigenvalue weighted by molar-refractivity contribution is 2.48. The Balaban J connectivity index is 0. The van der Waals surface area contributed by atoms with Crippen LogP contribution in [0.4, 0.5) is 0 Å². The summed E-state index contributed by atoms with van der Waals surface area (Å²) in [6.07, 6.45) is 0. The Kier molecular flexibility index (Phi) is 4.49. The third kappa shape index (κ3) is 10.7. The van der Waals surface area contributed by atoms with E-state index in [0.717, 1.165) is 0 Å². The lowest BCUT2D eigenvalue weighted by Gasteiger charge is -2.04. The van der Waals surface area contributed by atoms with Crippen LogP contribution >= 0.6 is 0 Å². The Bertz CT molecular complexity index is 37.8. The van der Waals surface area contributed by atoms with Crippen LogP contribution < -0.4 is 20.1 Å². The molecule has 0 radical (unpaired) electrons. The summed E-state index contributed by atoms with van der Waals surface area (Å²) in [6.45, 7) is 0. The molecule has 0 saturated carbocycles. The van der Waals surface area contributed by atoms with Gasteiger partial charge in [0.05, 0.1) is 0 Å². The van der Waals surface area contributed by atoms with Gasteiger partial charge < -0.3 is 6.15 Å². The van der Waals surface area contributed by atoms with Crippen molar-refractivity contribution in [2.45, 2.75) is 0 Å². The van der Waals surface area contributed by atoms with Gasteiger partial charge in [0.25, 0.3) is 4.44 Å². The quantitative estimate of drug-likeness (QED) is 0.282. The number of rotatable bonds is 1. The molecule has 0 rings (SSSR count). The molecule has 0 aliphatic carbocycles. The molecule has 6 nitrogen and oxygen atoms in total. The lowest BCUT2D eigenvalue weighted by atomic mass is 14.0. The molecule has 0 heterocycles. The zero-order chi connectivity index (χ0) is 5.21. The fourth-order valence-electron chi connectivity index (χ4n) is 0. The van der Waals surface area contributed by atoms with Gasteiger partial charge in [-0.2, -0.15) is 14.0 Å². The minimum absolute atomic E-state index is 0. The first-order chi connectivity index (χ1) is 2.56. The van der Waals surface area contributed by atoms with Gasteiger partial charge in [-0.3, -0.25) is 0 Å². The van der Waals surface area contributed by atoms with Crippen LogP contribution in [0.1, 0.15) is 0 Å². The molecule has 0 aromatic heterocycles. The van der Waals surface area contributed by atoms with Crippen molar-refractivity contribution < 1.29 is 33.9 Å². The molecule has 0 aliphatic rings. The van der Waals surface area contributed by atoms with E-state index in [0.29, 0.717) is 0 Å². The SMILES string of the molecule is N.[O-][Cl+3]([O-])([O-])OO. The highest BCUT2D eigenvalue weighted by atomic mass is 35.7. The molecule has 0 aliphatic heterocycles. The predicted molar refractivity (Wildman–Crippen MR) is 8.74 cm³/mol. The smallest absolute Gasteiger partial charge is 0.261 e. The molecule has 0 unspecified atom stereocenters. The molecule has 0 spiro atoms. The molecular weight excluding hydrogens is 129 g/mol. The molecule has 0 atom stereocenters. The summed E-state index contributed by atoms with van der Waals surface area (Å²) in [4.78, 5) is 0. The van der Waals surface area contributed by atoms with Crippen molar-refractivity contribution >= 4 is 0 Å². The molecule has 46 valence electrons. The van der Waals surface area contributed by atoms with Crippen LogP contribution in [-0.4, -0.2) is 5.26 Å². The number of halogens is 1. The van der Waals surface area contributed by atoms with Crippen molar-refractivity contribution in [3.63, 3.8) is 0 Å². The molecule has 0 bridgehead atoms. The molecule has 0 fully saturated rings. The minimum Gasteiger partial charge on any atom is -0.344 e. The Hall–Kier alpha value is 0.0500. The van der Waals surface area contributed by atoms with Gasteiger partial charge in [-0.05, 0) is 0 Å². The van der Waals surface area contributed by atoms with Crippen molar-refractivity contribution in [3.05, 3.63) is 0 Å². The average Bonchev–Trinajstić information content (AvgIpc) is 1.35. The second-order valence-electron chi connectivity index (χ2n) is 0.447. The molecule has 0 aromatic rings. The van der Waals surface area contributed by atoms with Crippen molar-refractivity contribution in [3.8, 4) is 0 Å². The van der Waals surface area contributed by atoms with Gasteiger partial charge in [-0.1, -0.05) is 0 Å². The Morgan fingerprint density at radius 3 is 1.43 bits per heavy atom. The van der Waals surface area contributed by atoms with E-state index < -0.39 is 10.2 Å². The van der Waals surface area contributed by atoms with Crippen LogP contribution in [0.5, 0.6) is 0 Å². The van der Waals surface area contributed by atoms with Crippen molar-refractivity contribution in [2.75, 3.05) is 0 Å². The molecule has 0 aromatic carbocycles. The van der Waals surface area contributed by atoms with Crippen LogP contribution in [0, 0.1) is 10.2 Å². The topological polar surface area (TPSA) is 134 Å². The van der Waals surface area contributed by atoms with Gasteiger partial charge in [-0.15, -0.1) is 5.26 Å². The highest BCUT2D eigenvalue weighted by Crippen LogP contribution is 1.76. The lowest BCUT2D eigenvalue weighted by molar-refractivity contribution is -1.93. The monoisotopic (exact) mass is 133 g/mol. The Morgan fingerprint density at radius 1 is 1.29 bits per heavy atom. The van der Waals surface area contributed by atoms with E-state index in [1.807, 2.05) is 0 Å². The molecule has 0 amide bonds. The first-order valence-electron chi connectivity index (χ1n) is 0.800. The van der Waals surface area contributed by atoms with Crippen LogP contribution in [0.3, 0.4) is 0 Å². The van der Waals surface area contributed by atoms with Crippen LogP contribution in [0.25, 0.3) is 0 Å². The van der Waals surface area contributed by atoms with Gasteiger partial charge in [0, 0.05) is 0 Å². The standard InChI is InChI=1S/ClHO5.H3N/c2-1(3,4)6-5;/h5H;1H3. The van der Waals surface area contributed by atoms with E-state index in [9.17, 15) is 0 Å². The second-order valence-corrected chi connectivity index (χ2v) is 1.34. The van der Waals surface area contributed by atoms with Crippen molar-refractivity contribution in [2.24, 2.45) is 0 Å². The zero-order valence-corrected chi connectivity index (χ0v) is 3.92. The van der Waals surface area contributed by atoms with Gasteiger partial charge in [0.2, 0.25) is 0 Å². The Labute approximate surface area is 41.2 Å². The second kappa shape index (κ2) is 3.10. The van der Waals surface area contributed by atoms with E-state index in [2.05, 4.69) is 4.44 Å². The lowest BCUT2D eigenvalue weighted by Crippen LogP contribution is -2.60. The third-order valence-electron chi connectivity index (χ3n) is 0.0845. The largest absolute Gasteiger partial charge is 0.344 e. The average molecular weight is 133 g/mol. The van der Waals surface area contributed by atoms with E-state index in [1.165, 1.54) is 0 Å². The Morgan fingerprint density at radius 2 is 1.43 bits per heavy atom. The van der Waals surface area contributed by atoms with Crippen molar-refractivity contribution in [1.29, 1.82) is 0 Å². The summed E-state index contributed by atoms with van der Waals surface area (Å²) in [7, 11) is -4.62. The zero-order valence-electron chi connectivity index (χ0n) is 3.17. The van der Waals surface area contributed by atoms with Crippen LogP contribution in [0.15, 0.2) is 0 Å².